The maximum absolute atomic E-state index is 10.4. The molecule has 0 aromatic heterocycles. The molecule has 0 saturated heterocycles. The van der Waals surface area contributed by atoms with Crippen LogP contribution in [-0.4, -0.2) is 5.11 Å². The van der Waals surface area contributed by atoms with Crippen LogP contribution in [0.2, 0.25) is 10.0 Å². The molecule has 0 saturated carbocycles. The summed E-state index contributed by atoms with van der Waals surface area (Å²) in [6.45, 7) is 0. The van der Waals surface area contributed by atoms with Gasteiger partial charge in [0.15, 0.2) is 0 Å². The third kappa shape index (κ3) is 2.91. The van der Waals surface area contributed by atoms with E-state index in [1.165, 1.54) is 0 Å². The Balaban J connectivity index is 2.51. The lowest BCUT2D eigenvalue weighted by atomic mass is 10.0. The lowest BCUT2D eigenvalue weighted by Crippen LogP contribution is -2.01. The van der Waals surface area contributed by atoms with E-state index in [-0.39, 0.29) is 0 Å². The molecule has 5 heteroatoms. The van der Waals surface area contributed by atoms with Crippen LogP contribution in [0.4, 0.5) is 0 Å². The molecule has 18 heavy (non-hydrogen) atoms. The number of hydrogen-bond acceptors (Lipinski definition) is 1. The third-order valence-corrected chi connectivity index (χ3v) is 4.58. The fraction of sp³-hybridized carbons (Fsp3) is 0.0769. The van der Waals surface area contributed by atoms with Gasteiger partial charge in [-0.25, -0.2) is 0 Å². The van der Waals surface area contributed by atoms with Gasteiger partial charge in [0, 0.05) is 20.1 Å². The monoisotopic (exact) mass is 408 g/mol. The molecule has 0 amide bonds. The summed E-state index contributed by atoms with van der Waals surface area (Å²) in [5.74, 6) is 0. The lowest BCUT2D eigenvalue weighted by molar-refractivity contribution is 0.219. The summed E-state index contributed by atoms with van der Waals surface area (Å²) in [7, 11) is 0. The zero-order valence-corrected chi connectivity index (χ0v) is 13.7. The Bertz CT molecular complexity index is 585. The molecule has 0 bridgehead atoms. The van der Waals surface area contributed by atoms with Gasteiger partial charge in [-0.3, -0.25) is 0 Å². The molecule has 2 aromatic carbocycles. The van der Waals surface area contributed by atoms with E-state index in [2.05, 4.69) is 31.9 Å². The number of hydrogen-bond donors (Lipinski definition) is 1. The first-order valence-corrected chi connectivity index (χ1v) is 7.42. The molecule has 1 atom stereocenters. The highest BCUT2D eigenvalue weighted by Gasteiger charge is 2.18. The van der Waals surface area contributed by atoms with Crippen molar-refractivity contribution in [1.82, 2.24) is 0 Å². The highest BCUT2D eigenvalue weighted by molar-refractivity contribution is 9.11. The fourth-order valence-corrected chi connectivity index (χ4v) is 2.88. The summed E-state index contributed by atoms with van der Waals surface area (Å²) in [6, 6.07) is 10.8. The van der Waals surface area contributed by atoms with Gasteiger partial charge in [0.2, 0.25) is 0 Å². The maximum Gasteiger partial charge on any atom is 0.107 e. The van der Waals surface area contributed by atoms with Gasteiger partial charge in [-0.15, -0.1) is 0 Å². The van der Waals surface area contributed by atoms with Crippen LogP contribution in [0.3, 0.4) is 0 Å². The van der Waals surface area contributed by atoms with Crippen LogP contribution >= 0.6 is 55.1 Å². The largest absolute Gasteiger partial charge is 0.384 e. The Hall–Kier alpha value is -0.0600. The third-order valence-electron chi connectivity index (χ3n) is 2.53. The second-order valence-corrected chi connectivity index (χ2v) is 6.27. The zero-order valence-electron chi connectivity index (χ0n) is 9.00. The Morgan fingerprint density at radius 3 is 2.44 bits per heavy atom. The van der Waals surface area contributed by atoms with Crippen LogP contribution < -0.4 is 0 Å². The molecule has 0 heterocycles. The number of halogens is 4. The summed E-state index contributed by atoms with van der Waals surface area (Å²) in [5, 5.41) is 11.2. The van der Waals surface area contributed by atoms with E-state index in [0.717, 1.165) is 14.5 Å². The summed E-state index contributed by atoms with van der Waals surface area (Å²) in [4.78, 5) is 0. The zero-order chi connectivity index (χ0) is 13.3. The highest BCUT2D eigenvalue weighted by atomic mass is 79.9. The van der Waals surface area contributed by atoms with Gasteiger partial charge < -0.3 is 5.11 Å². The first kappa shape index (κ1) is 14.4. The van der Waals surface area contributed by atoms with E-state index in [1.807, 2.05) is 18.2 Å². The second kappa shape index (κ2) is 5.93. The van der Waals surface area contributed by atoms with Crippen molar-refractivity contribution < 1.29 is 5.11 Å². The van der Waals surface area contributed by atoms with Crippen LogP contribution in [-0.2, 0) is 0 Å². The fourth-order valence-electron chi connectivity index (χ4n) is 1.62. The summed E-state index contributed by atoms with van der Waals surface area (Å²) >= 11 is 18.9. The molecule has 1 unspecified atom stereocenters. The Kier molecular flexibility index (Phi) is 4.73. The molecular formula is C13H8Br2Cl2O. The summed E-state index contributed by atoms with van der Waals surface area (Å²) < 4.78 is 1.70. The number of aliphatic hydroxyl groups excluding tert-OH is 1. The van der Waals surface area contributed by atoms with Gasteiger partial charge in [-0.05, 0) is 24.3 Å². The molecule has 0 spiro atoms. The van der Waals surface area contributed by atoms with Crippen molar-refractivity contribution in [2.45, 2.75) is 6.10 Å². The van der Waals surface area contributed by atoms with Gasteiger partial charge in [0.1, 0.15) is 6.10 Å². The standard InChI is InChI=1S/C13H8Br2Cl2O/c14-7-4-5-10(15)9(6-7)13(18)8-2-1-3-11(16)12(8)17/h1-6,13,18H. The van der Waals surface area contributed by atoms with E-state index in [1.54, 1.807) is 18.2 Å². The van der Waals surface area contributed by atoms with Gasteiger partial charge in [0.25, 0.3) is 0 Å². The number of aliphatic hydroxyl groups is 1. The molecule has 2 rings (SSSR count). The molecular weight excluding hydrogens is 403 g/mol. The van der Waals surface area contributed by atoms with Crippen molar-refractivity contribution in [2.24, 2.45) is 0 Å². The van der Waals surface area contributed by atoms with E-state index < -0.39 is 6.10 Å². The van der Waals surface area contributed by atoms with E-state index >= 15 is 0 Å². The van der Waals surface area contributed by atoms with Crippen molar-refractivity contribution in [3.63, 3.8) is 0 Å². The first-order chi connectivity index (χ1) is 8.50. The molecule has 0 aliphatic rings. The van der Waals surface area contributed by atoms with Crippen LogP contribution in [0, 0.1) is 0 Å². The molecule has 0 aliphatic carbocycles. The van der Waals surface area contributed by atoms with Crippen molar-refractivity contribution in [1.29, 1.82) is 0 Å². The first-order valence-electron chi connectivity index (χ1n) is 5.07. The minimum atomic E-state index is -0.830. The van der Waals surface area contributed by atoms with Gasteiger partial charge in [0.05, 0.1) is 10.0 Å². The summed E-state index contributed by atoms with van der Waals surface area (Å²) in [6.07, 6.45) is -0.830. The Labute approximate surface area is 132 Å². The van der Waals surface area contributed by atoms with Gasteiger partial charge in [-0.1, -0.05) is 67.2 Å². The highest BCUT2D eigenvalue weighted by Crippen LogP contribution is 2.36. The molecule has 0 fully saturated rings. The maximum atomic E-state index is 10.4. The molecule has 1 N–H and O–H groups in total. The van der Waals surface area contributed by atoms with Crippen LogP contribution in [0.25, 0.3) is 0 Å². The van der Waals surface area contributed by atoms with Crippen molar-refractivity contribution in [2.75, 3.05) is 0 Å². The topological polar surface area (TPSA) is 20.2 Å². The number of rotatable bonds is 2. The van der Waals surface area contributed by atoms with E-state index in [4.69, 9.17) is 23.2 Å². The van der Waals surface area contributed by atoms with Crippen molar-refractivity contribution >= 4 is 55.1 Å². The lowest BCUT2D eigenvalue weighted by Gasteiger charge is -2.15. The average Bonchev–Trinajstić information content (AvgIpc) is 2.35. The molecule has 0 radical (unpaired) electrons. The quantitative estimate of drug-likeness (QED) is 0.683. The molecule has 0 aliphatic heterocycles. The number of benzene rings is 2. The smallest absolute Gasteiger partial charge is 0.107 e. The SMILES string of the molecule is OC(c1cc(Br)ccc1Br)c1cccc(Cl)c1Cl. The molecule has 94 valence electrons. The average molecular weight is 411 g/mol. The molecule has 2 aromatic rings. The van der Waals surface area contributed by atoms with E-state index in [0.29, 0.717) is 15.6 Å². The predicted molar refractivity (Wildman–Crippen MR) is 82.4 cm³/mol. The summed E-state index contributed by atoms with van der Waals surface area (Å²) in [5.41, 5.74) is 1.32. The van der Waals surface area contributed by atoms with Crippen molar-refractivity contribution in [3.05, 3.63) is 66.5 Å². The molecule has 1 nitrogen and oxygen atoms in total. The van der Waals surface area contributed by atoms with Crippen molar-refractivity contribution in [3.8, 4) is 0 Å². The minimum Gasteiger partial charge on any atom is -0.384 e. The van der Waals surface area contributed by atoms with Crippen LogP contribution in [0.1, 0.15) is 17.2 Å². The predicted octanol–water partition coefficient (Wildman–Crippen LogP) is 5.60. The van der Waals surface area contributed by atoms with Gasteiger partial charge in [-0.2, -0.15) is 0 Å². The Morgan fingerprint density at radius 1 is 1.00 bits per heavy atom. The second-order valence-electron chi connectivity index (χ2n) is 3.71. The van der Waals surface area contributed by atoms with Crippen LogP contribution in [0.15, 0.2) is 45.3 Å². The normalized spacial score (nSPS) is 12.5. The van der Waals surface area contributed by atoms with Gasteiger partial charge >= 0.3 is 0 Å². The minimum absolute atomic E-state index is 0.374. The van der Waals surface area contributed by atoms with Crippen LogP contribution in [0.5, 0.6) is 0 Å². The Morgan fingerprint density at radius 2 is 1.72 bits per heavy atom. The van der Waals surface area contributed by atoms with E-state index in [9.17, 15) is 5.11 Å².